The molecule has 1 rings (SSSR count). The fraction of sp³-hybridized carbons (Fsp3) is 0.727. The Morgan fingerprint density at radius 2 is 2.08 bits per heavy atom. The third-order valence-corrected chi connectivity index (χ3v) is 2.54. The van der Waals surface area contributed by atoms with Crippen molar-refractivity contribution in [2.45, 2.75) is 39.0 Å². The molecule has 0 aromatic heterocycles. The van der Waals surface area contributed by atoms with E-state index in [1.807, 2.05) is 6.92 Å². The van der Waals surface area contributed by atoms with Crippen LogP contribution in [0.1, 0.15) is 39.0 Å². The van der Waals surface area contributed by atoms with Crippen molar-refractivity contribution in [1.29, 1.82) is 0 Å². The summed E-state index contributed by atoms with van der Waals surface area (Å²) in [6.45, 7) is 6.30. The standard InChI is InChI=1S/C11H19NO/c1-9(2)8-12-11(13)7-10-5-3-4-6-10/h10H,1,3-8H2,2H3,(H,12,13). The number of carbonyl (C=O) groups excluding carboxylic acids is 1. The highest BCUT2D eigenvalue weighted by Crippen LogP contribution is 2.27. The topological polar surface area (TPSA) is 29.1 Å². The molecule has 0 aliphatic heterocycles. The van der Waals surface area contributed by atoms with E-state index in [9.17, 15) is 4.79 Å². The fourth-order valence-electron chi connectivity index (χ4n) is 1.80. The average Bonchev–Trinajstić information content (AvgIpc) is 2.53. The van der Waals surface area contributed by atoms with Crippen LogP contribution in [0.3, 0.4) is 0 Å². The Morgan fingerprint density at radius 1 is 1.46 bits per heavy atom. The van der Waals surface area contributed by atoms with Gasteiger partial charge in [-0.05, 0) is 25.7 Å². The van der Waals surface area contributed by atoms with Crippen molar-refractivity contribution in [2.75, 3.05) is 6.54 Å². The molecule has 0 saturated heterocycles. The average molecular weight is 181 g/mol. The first-order valence-corrected chi connectivity index (χ1v) is 5.09. The van der Waals surface area contributed by atoms with Crippen molar-refractivity contribution < 1.29 is 4.79 Å². The molecule has 0 heterocycles. The van der Waals surface area contributed by atoms with E-state index in [2.05, 4.69) is 11.9 Å². The molecule has 0 atom stereocenters. The van der Waals surface area contributed by atoms with Gasteiger partial charge in [0.1, 0.15) is 0 Å². The lowest BCUT2D eigenvalue weighted by Crippen LogP contribution is -2.26. The second kappa shape index (κ2) is 5.05. The summed E-state index contributed by atoms with van der Waals surface area (Å²) in [7, 11) is 0. The van der Waals surface area contributed by atoms with Crippen LogP contribution in [0.2, 0.25) is 0 Å². The summed E-state index contributed by atoms with van der Waals surface area (Å²) in [5, 5.41) is 2.87. The van der Waals surface area contributed by atoms with Gasteiger partial charge in [-0.2, -0.15) is 0 Å². The molecule has 0 spiro atoms. The maximum Gasteiger partial charge on any atom is 0.220 e. The van der Waals surface area contributed by atoms with Crippen LogP contribution in [-0.4, -0.2) is 12.5 Å². The molecule has 1 saturated carbocycles. The number of nitrogens with one attached hydrogen (secondary N) is 1. The van der Waals surface area contributed by atoms with E-state index < -0.39 is 0 Å². The Bertz CT molecular complexity index is 192. The number of carbonyl (C=O) groups is 1. The molecule has 1 N–H and O–H groups in total. The van der Waals surface area contributed by atoms with Crippen LogP contribution >= 0.6 is 0 Å². The molecule has 1 amide bonds. The van der Waals surface area contributed by atoms with Crippen molar-refractivity contribution in [3.05, 3.63) is 12.2 Å². The molecule has 74 valence electrons. The van der Waals surface area contributed by atoms with E-state index in [0.29, 0.717) is 18.9 Å². The van der Waals surface area contributed by atoms with Gasteiger partial charge in [0.25, 0.3) is 0 Å². The van der Waals surface area contributed by atoms with Crippen LogP contribution in [0, 0.1) is 5.92 Å². The lowest BCUT2D eigenvalue weighted by atomic mass is 10.0. The maximum atomic E-state index is 11.4. The summed E-state index contributed by atoms with van der Waals surface area (Å²) >= 11 is 0. The lowest BCUT2D eigenvalue weighted by molar-refractivity contribution is -0.121. The van der Waals surface area contributed by atoms with Crippen LogP contribution in [0.5, 0.6) is 0 Å². The van der Waals surface area contributed by atoms with Gasteiger partial charge in [-0.25, -0.2) is 0 Å². The number of hydrogen-bond donors (Lipinski definition) is 1. The zero-order valence-corrected chi connectivity index (χ0v) is 8.44. The number of amides is 1. The molecule has 0 aromatic carbocycles. The molecule has 2 heteroatoms. The Balaban J connectivity index is 2.13. The fourth-order valence-corrected chi connectivity index (χ4v) is 1.80. The molecule has 0 aromatic rings. The monoisotopic (exact) mass is 181 g/mol. The second-order valence-corrected chi connectivity index (χ2v) is 4.09. The molecule has 0 radical (unpaired) electrons. The Morgan fingerprint density at radius 3 is 2.62 bits per heavy atom. The molecule has 13 heavy (non-hydrogen) atoms. The minimum atomic E-state index is 0.190. The summed E-state index contributed by atoms with van der Waals surface area (Å²) < 4.78 is 0. The van der Waals surface area contributed by atoms with Crippen LogP contribution in [-0.2, 0) is 4.79 Å². The van der Waals surface area contributed by atoms with E-state index in [1.165, 1.54) is 25.7 Å². The highest BCUT2D eigenvalue weighted by atomic mass is 16.1. The first-order valence-electron chi connectivity index (χ1n) is 5.09. The van der Waals surface area contributed by atoms with Gasteiger partial charge in [0, 0.05) is 13.0 Å². The normalized spacial score (nSPS) is 17.3. The first-order chi connectivity index (χ1) is 6.18. The molecular formula is C11H19NO. The SMILES string of the molecule is C=C(C)CNC(=O)CC1CCCC1. The second-order valence-electron chi connectivity index (χ2n) is 4.09. The minimum absolute atomic E-state index is 0.190. The van der Waals surface area contributed by atoms with Crippen LogP contribution in [0.15, 0.2) is 12.2 Å². The van der Waals surface area contributed by atoms with Crippen molar-refractivity contribution in [2.24, 2.45) is 5.92 Å². The van der Waals surface area contributed by atoms with Gasteiger partial charge in [-0.3, -0.25) is 4.79 Å². The van der Waals surface area contributed by atoms with E-state index in [-0.39, 0.29) is 5.91 Å². The van der Waals surface area contributed by atoms with Gasteiger partial charge in [-0.15, -0.1) is 0 Å². The van der Waals surface area contributed by atoms with E-state index in [0.717, 1.165) is 5.57 Å². The van der Waals surface area contributed by atoms with Gasteiger partial charge in [0.2, 0.25) is 5.91 Å². The van der Waals surface area contributed by atoms with Crippen LogP contribution < -0.4 is 5.32 Å². The lowest BCUT2D eigenvalue weighted by Gasteiger charge is -2.08. The first kappa shape index (κ1) is 10.3. The van der Waals surface area contributed by atoms with E-state index in [4.69, 9.17) is 0 Å². The quantitative estimate of drug-likeness (QED) is 0.662. The highest BCUT2D eigenvalue weighted by Gasteiger charge is 2.17. The van der Waals surface area contributed by atoms with Crippen LogP contribution in [0.25, 0.3) is 0 Å². The summed E-state index contributed by atoms with van der Waals surface area (Å²) in [5.74, 6) is 0.833. The molecule has 2 nitrogen and oxygen atoms in total. The van der Waals surface area contributed by atoms with Crippen molar-refractivity contribution in [1.82, 2.24) is 5.32 Å². The van der Waals surface area contributed by atoms with Gasteiger partial charge in [0.05, 0.1) is 0 Å². The maximum absolute atomic E-state index is 11.4. The predicted molar refractivity (Wildman–Crippen MR) is 54.4 cm³/mol. The zero-order chi connectivity index (χ0) is 9.68. The molecule has 1 fully saturated rings. The number of rotatable bonds is 4. The van der Waals surface area contributed by atoms with Crippen LogP contribution in [0.4, 0.5) is 0 Å². The molecule has 1 aliphatic rings. The van der Waals surface area contributed by atoms with Gasteiger partial charge >= 0.3 is 0 Å². The smallest absolute Gasteiger partial charge is 0.220 e. The molecule has 0 bridgehead atoms. The zero-order valence-electron chi connectivity index (χ0n) is 8.44. The minimum Gasteiger partial charge on any atom is -0.352 e. The third-order valence-electron chi connectivity index (χ3n) is 2.54. The predicted octanol–water partition coefficient (Wildman–Crippen LogP) is 2.26. The van der Waals surface area contributed by atoms with Crippen molar-refractivity contribution in [3.63, 3.8) is 0 Å². The van der Waals surface area contributed by atoms with E-state index in [1.54, 1.807) is 0 Å². The van der Waals surface area contributed by atoms with Crippen molar-refractivity contribution in [3.8, 4) is 0 Å². The van der Waals surface area contributed by atoms with Gasteiger partial charge < -0.3 is 5.32 Å². The molecule has 0 unspecified atom stereocenters. The summed E-state index contributed by atoms with van der Waals surface area (Å²) in [6, 6.07) is 0. The Kier molecular flexibility index (Phi) is 4.00. The van der Waals surface area contributed by atoms with Gasteiger partial charge in [-0.1, -0.05) is 25.0 Å². The van der Waals surface area contributed by atoms with Gasteiger partial charge in [0.15, 0.2) is 0 Å². The van der Waals surface area contributed by atoms with Crippen molar-refractivity contribution >= 4 is 5.91 Å². The molecular weight excluding hydrogens is 162 g/mol. The third kappa shape index (κ3) is 4.11. The molecule has 1 aliphatic carbocycles. The number of hydrogen-bond acceptors (Lipinski definition) is 1. The highest BCUT2D eigenvalue weighted by molar-refractivity contribution is 5.76. The van der Waals surface area contributed by atoms with E-state index >= 15 is 0 Å². The Hall–Kier alpha value is -0.790. The summed E-state index contributed by atoms with van der Waals surface area (Å²) in [6.07, 6.45) is 5.80. The summed E-state index contributed by atoms with van der Waals surface area (Å²) in [5.41, 5.74) is 1.01. The summed E-state index contributed by atoms with van der Waals surface area (Å²) in [4.78, 5) is 11.4. The Labute approximate surface area is 80.4 Å². The largest absolute Gasteiger partial charge is 0.352 e.